The Bertz CT molecular complexity index is 205. The molecule has 6 heteroatoms. The van der Waals surface area contributed by atoms with Crippen molar-refractivity contribution in [1.82, 2.24) is 16.2 Å². The molecular weight excluding hydrogens is 178 g/mol. The van der Waals surface area contributed by atoms with Gasteiger partial charge in [0.2, 0.25) is 11.8 Å². The molecule has 2 amide bonds. The highest BCUT2D eigenvalue weighted by Gasteiger charge is 2.00. The van der Waals surface area contributed by atoms with Gasteiger partial charge < -0.3 is 5.32 Å². The number of carbonyl (C=O) groups is 2. The molecule has 0 saturated carbocycles. The quantitative estimate of drug-likeness (QED) is 0.382. The number of rotatable bonds is 1. The largest absolute Gasteiger partial charge is 0.302 e. The molecule has 0 bridgehead atoms. The Morgan fingerprint density at radius 2 is 1.92 bits per heavy atom. The maximum absolute atomic E-state index is 10.7. The summed E-state index contributed by atoms with van der Waals surface area (Å²) in [5.41, 5.74) is 4.58. The summed E-state index contributed by atoms with van der Waals surface area (Å²) in [6, 6.07) is 0. The van der Waals surface area contributed by atoms with E-state index in [1.807, 2.05) is 0 Å². The number of amides is 2. The summed E-state index contributed by atoms with van der Waals surface area (Å²) in [6.07, 6.45) is 0.349. The van der Waals surface area contributed by atoms with Crippen LogP contribution in [0.3, 0.4) is 0 Å². The van der Waals surface area contributed by atoms with Crippen molar-refractivity contribution in [2.24, 2.45) is 0 Å². The minimum atomic E-state index is -0.275. The summed E-state index contributed by atoms with van der Waals surface area (Å²) in [7, 11) is 0. The number of hydrazine groups is 1. The fourth-order valence-corrected chi connectivity index (χ4v) is 0.556. The SMILES string of the molecule is CCC(=O)NC(=S)NNC(C)=O. The lowest BCUT2D eigenvalue weighted by atomic mass is 10.5. The van der Waals surface area contributed by atoms with Crippen molar-refractivity contribution in [1.29, 1.82) is 0 Å². The molecule has 12 heavy (non-hydrogen) atoms. The van der Waals surface area contributed by atoms with Crippen LogP contribution in [0.15, 0.2) is 0 Å². The lowest BCUT2D eigenvalue weighted by Crippen LogP contribution is -2.47. The summed E-state index contributed by atoms with van der Waals surface area (Å²) in [5.74, 6) is -0.471. The Labute approximate surface area is 75.9 Å². The van der Waals surface area contributed by atoms with Gasteiger partial charge in [-0.05, 0) is 12.2 Å². The van der Waals surface area contributed by atoms with E-state index in [1.165, 1.54) is 6.92 Å². The van der Waals surface area contributed by atoms with Crippen LogP contribution in [0, 0.1) is 0 Å². The van der Waals surface area contributed by atoms with E-state index in [4.69, 9.17) is 0 Å². The highest BCUT2D eigenvalue weighted by Crippen LogP contribution is 1.74. The van der Waals surface area contributed by atoms with Gasteiger partial charge in [0.1, 0.15) is 0 Å². The molecule has 0 radical (unpaired) electrons. The highest BCUT2D eigenvalue weighted by atomic mass is 32.1. The molecule has 0 unspecified atom stereocenters. The third kappa shape index (κ3) is 5.60. The molecule has 0 fully saturated rings. The first kappa shape index (κ1) is 10.8. The summed E-state index contributed by atoms with van der Waals surface area (Å²) in [4.78, 5) is 21.1. The molecule has 0 rings (SSSR count). The van der Waals surface area contributed by atoms with Crippen LogP contribution >= 0.6 is 12.2 Å². The topological polar surface area (TPSA) is 70.2 Å². The van der Waals surface area contributed by atoms with Crippen LogP contribution in [0.25, 0.3) is 0 Å². The Morgan fingerprint density at radius 1 is 1.33 bits per heavy atom. The molecule has 0 heterocycles. The summed E-state index contributed by atoms with van der Waals surface area (Å²) >= 11 is 4.66. The molecule has 0 atom stereocenters. The van der Waals surface area contributed by atoms with Crippen LogP contribution in [0.4, 0.5) is 0 Å². The van der Waals surface area contributed by atoms with Crippen LogP contribution in [0.2, 0.25) is 0 Å². The van der Waals surface area contributed by atoms with Crippen molar-refractivity contribution < 1.29 is 9.59 Å². The normalized spacial score (nSPS) is 8.50. The van der Waals surface area contributed by atoms with Crippen molar-refractivity contribution in [3.8, 4) is 0 Å². The zero-order valence-electron chi connectivity index (χ0n) is 6.93. The third-order valence-electron chi connectivity index (χ3n) is 0.926. The van der Waals surface area contributed by atoms with E-state index in [2.05, 4.69) is 28.4 Å². The minimum Gasteiger partial charge on any atom is -0.302 e. The molecule has 0 aromatic carbocycles. The van der Waals surface area contributed by atoms with Gasteiger partial charge in [-0.2, -0.15) is 0 Å². The van der Waals surface area contributed by atoms with Gasteiger partial charge in [0.15, 0.2) is 5.11 Å². The molecule has 0 saturated heterocycles. The van der Waals surface area contributed by atoms with Crippen molar-refractivity contribution in [3.05, 3.63) is 0 Å². The van der Waals surface area contributed by atoms with Crippen LogP contribution in [-0.2, 0) is 9.59 Å². The summed E-state index contributed by atoms with van der Waals surface area (Å²) in [6.45, 7) is 3.04. The first-order chi connectivity index (χ1) is 5.56. The molecule has 68 valence electrons. The maximum Gasteiger partial charge on any atom is 0.235 e. The van der Waals surface area contributed by atoms with Gasteiger partial charge in [0, 0.05) is 13.3 Å². The Balaban J connectivity index is 3.60. The van der Waals surface area contributed by atoms with Gasteiger partial charge in [-0.3, -0.25) is 20.4 Å². The second-order valence-corrected chi connectivity index (χ2v) is 2.45. The van der Waals surface area contributed by atoms with E-state index in [-0.39, 0.29) is 16.9 Å². The summed E-state index contributed by atoms with van der Waals surface area (Å²) in [5, 5.41) is 2.45. The second-order valence-electron chi connectivity index (χ2n) is 2.04. The Kier molecular flexibility index (Phi) is 4.94. The van der Waals surface area contributed by atoms with Gasteiger partial charge in [-0.25, -0.2) is 0 Å². The van der Waals surface area contributed by atoms with Crippen molar-refractivity contribution >= 4 is 29.1 Å². The van der Waals surface area contributed by atoms with E-state index in [9.17, 15) is 9.59 Å². The van der Waals surface area contributed by atoms with E-state index < -0.39 is 0 Å². The fourth-order valence-electron chi connectivity index (χ4n) is 0.391. The number of thiocarbonyl (C=S) groups is 1. The van der Waals surface area contributed by atoms with Gasteiger partial charge in [-0.1, -0.05) is 6.92 Å². The monoisotopic (exact) mass is 189 g/mol. The standard InChI is InChI=1S/C6H11N3O2S/c1-3-5(11)7-6(12)9-8-4(2)10/h3H2,1-2H3,(H,8,10)(H2,7,9,11,12). The van der Waals surface area contributed by atoms with E-state index in [0.717, 1.165) is 0 Å². The van der Waals surface area contributed by atoms with Gasteiger partial charge in [0.25, 0.3) is 0 Å². The average molecular weight is 189 g/mol. The van der Waals surface area contributed by atoms with E-state index in [1.54, 1.807) is 6.92 Å². The van der Waals surface area contributed by atoms with Crippen molar-refractivity contribution in [2.45, 2.75) is 20.3 Å². The molecule has 0 aromatic rings. The van der Waals surface area contributed by atoms with Crippen LogP contribution in [0.5, 0.6) is 0 Å². The average Bonchev–Trinajstić information content (AvgIpc) is 2.00. The van der Waals surface area contributed by atoms with Crippen LogP contribution in [-0.4, -0.2) is 16.9 Å². The molecule has 0 aliphatic rings. The van der Waals surface area contributed by atoms with Crippen LogP contribution < -0.4 is 16.2 Å². The predicted octanol–water partition coefficient (Wildman–Crippen LogP) is -0.562. The second kappa shape index (κ2) is 5.48. The molecule has 0 aromatic heterocycles. The van der Waals surface area contributed by atoms with E-state index in [0.29, 0.717) is 6.42 Å². The number of hydrogen-bond donors (Lipinski definition) is 3. The maximum atomic E-state index is 10.7. The van der Waals surface area contributed by atoms with Crippen molar-refractivity contribution in [3.63, 3.8) is 0 Å². The van der Waals surface area contributed by atoms with Crippen molar-refractivity contribution in [2.75, 3.05) is 0 Å². The Hall–Kier alpha value is -1.17. The third-order valence-corrected chi connectivity index (χ3v) is 1.13. The van der Waals surface area contributed by atoms with Gasteiger partial charge in [-0.15, -0.1) is 0 Å². The molecule has 3 N–H and O–H groups in total. The molecular formula is C6H11N3O2S. The number of nitrogens with one attached hydrogen (secondary N) is 3. The molecule has 0 aliphatic heterocycles. The highest BCUT2D eigenvalue weighted by molar-refractivity contribution is 7.80. The van der Waals surface area contributed by atoms with Gasteiger partial charge >= 0.3 is 0 Å². The minimum absolute atomic E-state index is 0.0945. The number of hydrogen-bond acceptors (Lipinski definition) is 3. The van der Waals surface area contributed by atoms with Gasteiger partial charge in [0.05, 0.1) is 0 Å². The smallest absolute Gasteiger partial charge is 0.235 e. The fraction of sp³-hybridized carbons (Fsp3) is 0.500. The number of carbonyl (C=O) groups excluding carboxylic acids is 2. The predicted molar refractivity (Wildman–Crippen MR) is 48.0 cm³/mol. The zero-order valence-corrected chi connectivity index (χ0v) is 7.75. The molecule has 0 aliphatic carbocycles. The Morgan fingerprint density at radius 3 is 2.33 bits per heavy atom. The van der Waals surface area contributed by atoms with Crippen LogP contribution in [0.1, 0.15) is 20.3 Å². The van der Waals surface area contributed by atoms with E-state index >= 15 is 0 Å². The summed E-state index contributed by atoms with van der Waals surface area (Å²) < 4.78 is 0. The molecule has 5 nitrogen and oxygen atoms in total. The lowest BCUT2D eigenvalue weighted by Gasteiger charge is -2.07. The lowest BCUT2D eigenvalue weighted by molar-refractivity contribution is -0.120. The first-order valence-electron chi connectivity index (χ1n) is 3.42. The molecule has 0 spiro atoms. The zero-order chi connectivity index (χ0) is 9.56. The first-order valence-corrected chi connectivity index (χ1v) is 3.83.